The van der Waals surface area contributed by atoms with E-state index in [-0.39, 0.29) is 12.4 Å². The molecule has 2 atom stereocenters. The molecule has 0 aliphatic heterocycles. The minimum Gasteiger partial charge on any atom is -0.353 e. The van der Waals surface area contributed by atoms with E-state index in [1.807, 2.05) is 13.8 Å². The molecule has 0 rings (SSSR count). The lowest BCUT2D eigenvalue weighted by molar-refractivity contribution is -0.137. The van der Waals surface area contributed by atoms with Gasteiger partial charge >= 0.3 is 0 Å². The second-order valence-electron chi connectivity index (χ2n) is 2.24. The van der Waals surface area contributed by atoms with Gasteiger partial charge in [-0.25, -0.2) is 0 Å². The molecule has 0 aliphatic carbocycles. The molecule has 1 radical (unpaired) electrons. The van der Waals surface area contributed by atoms with Crippen molar-refractivity contribution in [2.45, 2.75) is 39.6 Å². The van der Waals surface area contributed by atoms with E-state index >= 15 is 0 Å². The van der Waals surface area contributed by atoms with Crippen molar-refractivity contribution >= 4 is 0 Å². The number of hydrogen-bond donors (Lipinski definition) is 0. The number of hydrogen-bond acceptors (Lipinski definition) is 2. The summed E-state index contributed by atoms with van der Waals surface area (Å²) in [5, 5.41) is 0. The largest absolute Gasteiger partial charge is 0.353 e. The van der Waals surface area contributed by atoms with Crippen molar-refractivity contribution in [3.8, 4) is 0 Å². The zero-order valence-corrected chi connectivity index (χ0v) is 7.09. The zero-order chi connectivity index (χ0) is 7.98. The SMILES string of the molecule is [CH2]C(OCC)OC(C)CC. The summed E-state index contributed by atoms with van der Waals surface area (Å²) in [6.45, 7) is 10.3. The van der Waals surface area contributed by atoms with Gasteiger partial charge in [0, 0.05) is 13.5 Å². The van der Waals surface area contributed by atoms with Crippen LogP contribution in [0.25, 0.3) is 0 Å². The summed E-state index contributed by atoms with van der Waals surface area (Å²) in [6, 6.07) is 0. The molecular formula is C8H17O2. The van der Waals surface area contributed by atoms with Crippen molar-refractivity contribution in [1.82, 2.24) is 0 Å². The Morgan fingerprint density at radius 2 is 2.00 bits per heavy atom. The van der Waals surface area contributed by atoms with E-state index in [1.165, 1.54) is 0 Å². The average molecular weight is 145 g/mol. The molecule has 0 aromatic carbocycles. The van der Waals surface area contributed by atoms with Crippen molar-refractivity contribution in [1.29, 1.82) is 0 Å². The van der Waals surface area contributed by atoms with Gasteiger partial charge in [-0.15, -0.1) is 0 Å². The molecule has 0 fully saturated rings. The smallest absolute Gasteiger partial charge is 0.158 e. The predicted octanol–water partition coefficient (Wildman–Crippen LogP) is 2.00. The Hall–Kier alpha value is -0.0800. The van der Waals surface area contributed by atoms with E-state index in [1.54, 1.807) is 0 Å². The molecule has 0 aromatic rings. The molecule has 0 heterocycles. The average Bonchev–Trinajstić information content (AvgIpc) is 1.88. The van der Waals surface area contributed by atoms with E-state index in [0.29, 0.717) is 6.61 Å². The Morgan fingerprint density at radius 3 is 2.40 bits per heavy atom. The van der Waals surface area contributed by atoms with Gasteiger partial charge in [-0.1, -0.05) is 6.92 Å². The maximum Gasteiger partial charge on any atom is 0.158 e. The normalized spacial score (nSPS) is 16.8. The van der Waals surface area contributed by atoms with E-state index in [9.17, 15) is 0 Å². The molecule has 0 spiro atoms. The summed E-state index contributed by atoms with van der Waals surface area (Å²) >= 11 is 0. The van der Waals surface area contributed by atoms with Gasteiger partial charge < -0.3 is 9.47 Å². The van der Waals surface area contributed by atoms with E-state index in [0.717, 1.165) is 6.42 Å². The fourth-order valence-electron chi connectivity index (χ4n) is 0.581. The van der Waals surface area contributed by atoms with Crippen molar-refractivity contribution in [2.75, 3.05) is 6.61 Å². The van der Waals surface area contributed by atoms with Gasteiger partial charge in [-0.3, -0.25) is 0 Å². The Balaban J connectivity index is 3.27. The second-order valence-corrected chi connectivity index (χ2v) is 2.24. The molecule has 0 bridgehead atoms. The summed E-state index contributed by atoms with van der Waals surface area (Å²) in [4.78, 5) is 0. The molecule has 0 N–H and O–H groups in total. The number of ether oxygens (including phenoxy) is 2. The third kappa shape index (κ3) is 4.77. The summed E-state index contributed by atoms with van der Waals surface area (Å²) in [5.74, 6) is 0. The van der Waals surface area contributed by atoms with Crippen molar-refractivity contribution in [3.63, 3.8) is 0 Å². The highest BCUT2D eigenvalue weighted by Crippen LogP contribution is 2.01. The third-order valence-corrected chi connectivity index (χ3v) is 1.31. The van der Waals surface area contributed by atoms with Crippen LogP contribution in [0.1, 0.15) is 27.2 Å². The van der Waals surface area contributed by atoms with Gasteiger partial charge in [0.05, 0.1) is 6.10 Å². The van der Waals surface area contributed by atoms with E-state index in [2.05, 4.69) is 13.8 Å². The van der Waals surface area contributed by atoms with Gasteiger partial charge in [0.1, 0.15) is 0 Å². The first-order valence-corrected chi connectivity index (χ1v) is 3.80. The predicted molar refractivity (Wildman–Crippen MR) is 41.6 cm³/mol. The summed E-state index contributed by atoms with van der Waals surface area (Å²) in [6.07, 6.45) is 0.938. The highest BCUT2D eigenvalue weighted by molar-refractivity contribution is 4.50. The highest BCUT2D eigenvalue weighted by atomic mass is 16.7. The van der Waals surface area contributed by atoms with E-state index in [4.69, 9.17) is 9.47 Å². The Morgan fingerprint density at radius 1 is 1.40 bits per heavy atom. The molecule has 0 aliphatic rings. The van der Waals surface area contributed by atoms with Crippen LogP contribution in [0.15, 0.2) is 0 Å². The van der Waals surface area contributed by atoms with Gasteiger partial charge in [0.2, 0.25) is 0 Å². The van der Waals surface area contributed by atoms with Gasteiger partial charge in [-0.2, -0.15) is 0 Å². The molecule has 0 amide bonds. The zero-order valence-electron chi connectivity index (χ0n) is 7.09. The topological polar surface area (TPSA) is 18.5 Å². The van der Waals surface area contributed by atoms with Crippen LogP contribution >= 0.6 is 0 Å². The van der Waals surface area contributed by atoms with E-state index < -0.39 is 0 Å². The molecule has 0 saturated heterocycles. The van der Waals surface area contributed by atoms with Crippen LogP contribution in [0.4, 0.5) is 0 Å². The van der Waals surface area contributed by atoms with Crippen LogP contribution in [-0.4, -0.2) is 19.0 Å². The molecule has 2 unspecified atom stereocenters. The van der Waals surface area contributed by atoms with Gasteiger partial charge in [0.15, 0.2) is 6.29 Å². The minimum absolute atomic E-state index is 0.244. The number of rotatable bonds is 5. The standard InChI is InChI=1S/C8H17O2/c1-5-7(3)10-8(4)9-6-2/h7-8H,4-6H2,1-3H3. The first-order chi connectivity index (χ1) is 4.70. The van der Waals surface area contributed by atoms with Crippen LogP contribution in [0, 0.1) is 6.92 Å². The van der Waals surface area contributed by atoms with Gasteiger partial charge in [-0.05, 0) is 20.3 Å². The van der Waals surface area contributed by atoms with Crippen molar-refractivity contribution in [3.05, 3.63) is 6.92 Å². The minimum atomic E-state index is -0.306. The van der Waals surface area contributed by atoms with Crippen LogP contribution in [-0.2, 0) is 9.47 Å². The Labute approximate surface area is 63.5 Å². The van der Waals surface area contributed by atoms with Crippen LogP contribution in [0.2, 0.25) is 0 Å². The summed E-state index contributed by atoms with van der Waals surface area (Å²) in [7, 11) is 0. The fraction of sp³-hybridized carbons (Fsp3) is 0.875. The monoisotopic (exact) mass is 145 g/mol. The molecule has 61 valence electrons. The first kappa shape index (κ1) is 9.92. The summed E-state index contributed by atoms with van der Waals surface area (Å²) in [5.41, 5.74) is 0. The second kappa shape index (κ2) is 5.69. The lowest BCUT2D eigenvalue weighted by Crippen LogP contribution is -2.19. The summed E-state index contributed by atoms with van der Waals surface area (Å²) < 4.78 is 10.4. The lowest BCUT2D eigenvalue weighted by atomic mass is 10.3. The highest BCUT2D eigenvalue weighted by Gasteiger charge is 2.04. The quantitative estimate of drug-likeness (QED) is 0.551. The molecule has 2 heteroatoms. The maximum absolute atomic E-state index is 5.31. The Bertz CT molecular complexity index is 73.7. The Kier molecular flexibility index (Phi) is 5.64. The van der Waals surface area contributed by atoms with Crippen molar-refractivity contribution in [2.24, 2.45) is 0 Å². The lowest BCUT2D eigenvalue weighted by Gasteiger charge is -2.16. The molecule has 0 saturated carbocycles. The van der Waals surface area contributed by atoms with Crippen LogP contribution < -0.4 is 0 Å². The third-order valence-electron chi connectivity index (χ3n) is 1.31. The molecule has 0 aromatic heterocycles. The maximum atomic E-state index is 5.31. The molecule has 2 nitrogen and oxygen atoms in total. The first-order valence-electron chi connectivity index (χ1n) is 3.80. The molecule has 10 heavy (non-hydrogen) atoms. The fourth-order valence-corrected chi connectivity index (χ4v) is 0.581. The molecular weight excluding hydrogens is 128 g/mol. The van der Waals surface area contributed by atoms with Crippen LogP contribution in [0.3, 0.4) is 0 Å². The van der Waals surface area contributed by atoms with Crippen LogP contribution in [0.5, 0.6) is 0 Å². The van der Waals surface area contributed by atoms with Crippen molar-refractivity contribution < 1.29 is 9.47 Å². The van der Waals surface area contributed by atoms with Gasteiger partial charge in [0.25, 0.3) is 0 Å².